The van der Waals surface area contributed by atoms with Crippen molar-refractivity contribution in [1.82, 2.24) is 10.2 Å². The highest BCUT2D eigenvalue weighted by molar-refractivity contribution is 6.42. The van der Waals surface area contributed by atoms with Crippen LogP contribution in [0.5, 0.6) is 0 Å². The monoisotopic (exact) mass is 380 g/mol. The van der Waals surface area contributed by atoms with Crippen LogP contribution in [-0.4, -0.2) is 16.8 Å². The van der Waals surface area contributed by atoms with Crippen molar-refractivity contribution in [2.24, 2.45) is 0 Å². The Balaban J connectivity index is 1.92. The molecule has 1 aliphatic heterocycles. The first-order valence-corrected chi connectivity index (χ1v) is 8.47. The smallest absolute Gasteiger partial charge is 0.319 e. The molecule has 0 unspecified atom stereocenters. The van der Waals surface area contributed by atoms with Crippen LogP contribution in [-0.2, 0) is 16.9 Å². The quantitative estimate of drug-likeness (QED) is 0.794. The Labute approximate surface area is 154 Å². The first-order chi connectivity index (χ1) is 11.9. The van der Waals surface area contributed by atoms with E-state index < -0.39 is 17.4 Å². The van der Waals surface area contributed by atoms with E-state index in [1.54, 1.807) is 25.1 Å². The molecule has 1 atom stereocenters. The summed E-state index contributed by atoms with van der Waals surface area (Å²) in [4.78, 5) is 26.5. The maximum Gasteiger partial charge on any atom is 0.325 e. The normalized spacial score (nSPS) is 20.1. The standard InChI is InChI=1S/C18H15Cl2FN2O2/c1-2-18(12-4-6-13(21)7-5-12)16(24)23(17(25)22-18)10-11-3-8-14(19)15(20)9-11/h3-9H,2,10H2,1H3,(H,22,25)/t18-/m0/s1. The van der Waals surface area contributed by atoms with E-state index in [0.29, 0.717) is 27.6 Å². The lowest BCUT2D eigenvalue weighted by Crippen LogP contribution is -2.43. The zero-order valence-electron chi connectivity index (χ0n) is 13.4. The molecule has 2 aromatic carbocycles. The Kier molecular flexibility index (Phi) is 4.71. The molecule has 0 saturated carbocycles. The van der Waals surface area contributed by atoms with Gasteiger partial charge in [-0.05, 0) is 41.8 Å². The number of amides is 3. The molecule has 1 fully saturated rings. The van der Waals surface area contributed by atoms with Crippen molar-refractivity contribution in [3.8, 4) is 0 Å². The second-order valence-corrected chi connectivity index (χ2v) is 6.65. The van der Waals surface area contributed by atoms with Crippen LogP contribution in [0.1, 0.15) is 24.5 Å². The van der Waals surface area contributed by atoms with Crippen molar-refractivity contribution in [1.29, 1.82) is 0 Å². The summed E-state index contributed by atoms with van der Waals surface area (Å²) in [7, 11) is 0. The lowest BCUT2D eigenvalue weighted by atomic mass is 9.87. The molecule has 0 radical (unpaired) electrons. The number of carbonyl (C=O) groups excluding carboxylic acids is 2. The average Bonchev–Trinajstić information content (AvgIpc) is 2.84. The van der Waals surface area contributed by atoms with Crippen molar-refractivity contribution in [3.05, 3.63) is 69.5 Å². The highest BCUT2D eigenvalue weighted by Crippen LogP contribution is 2.33. The van der Waals surface area contributed by atoms with Gasteiger partial charge in [-0.25, -0.2) is 9.18 Å². The van der Waals surface area contributed by atoms with Crippen molar-refractivity contribution in [2.45, 2.75) is 25.4 Å². The molecule has 1 N–H and O–H groups in total. The molecule has 0 aromatic heterocycles. The highest BCUT2D eigenvalue weighted by atomic mass is 35.5. The SMILES string of the molecule is CC[C@@]1(c2ccc(F)cc2)NC(=O)N(Cc2ccc(Cl)c(Cl)c2)C1=O. The maximum absolute atomic E-state index is 13.2. The van der Waals surface area contributed by atoms with Gasteiger partial charge >= 0.3 is 6.03 Å². The summed E-state index contributed by atoms with van der Waals surface area (Å²) < 4.78 is 13.2. The fourth-order valence-corrected chi connectivity index (χ4v) is 3.28. The van der Waals surface area contributed by atoms with Crippen molar-refractivity contribution in [3.63, 3.8) is 0 Å². The predicted molar refractivity (Wildman–Crippen MR) is 93.9 cm³/mol. The van der Waals surface area contributed by atoms with Gasteiger partial charge in [0.25, 0.3) is 5.91 Å². The lowest BCUT2D eigenvalue weighted by Gasteiger charge is -2.25. The molecule has 3 rings (SSSR count). The molecule has 0 bridgehead atoms. The highest BCUT2D eigenvalue weighted by Gasteiger charge is 2.51. The van der Waals surface area contributed by atoms with Gasteiger partial charge in [0.15, 0.2) is 0 Å². The van der Waals surface area contributed by atoms with Crippen molar-refractivity contribution >= 4 is 35.1 Å². The molecule has 1 aliphatic rings. The number of nitrogens with one attached hydrogen (secondary N) is 1. The minimum atomic E-state index is -1.19. The molecule has 130 valence electrons. The third-order valence-corrected chi connectivity index (χ3v) is 5.11. The summed E-state index contributed by atoms with van der Waals surface area (Å²) >= 11 is 11.9. The van der Waals surface area contributed by atoms with Crippen LogP contribution >= 0.6 is 23.2 Å². The molecule has 3 amide bonds. The lowest BCUT2D eigenvalue weighted by molar-refractivity contribution is -0.132. The second-order valence-electron chi connectivity index (χ2n) is 5.84. The number of hydrogen-bond acceptors (Lipinski definition) is 2. The number of nitrogens with zero attached hydrogens (tertiary/aromatic N) is 1. The number of urea groups is 1. The van der Waals surface area contributed by atoms with E-state index in [9.17, 15) is 14.0 Å². The molecule has 7 heteroatoms. The van der Waals surface area contributed by atoms with Gasteiger partial charge in [-0.3, -0.25) is 9.69 Å². The summed E-state index contributed by atoms with van der Waals surface area (Å²) in [5.74, 6) is -0.780. The first kappa shape index (κ1) is 17.7. The Hall–Kier alpha value is -2.11. The predicted octanol–water partition coefficient (Wildman–Crippen LogP) is 4.49. The molecule has 1 saturated heterocycles. The zero-order valence-corrected chi connectivity index (χ0v) is 14.9. The van der Waals surface area contributed by atoms with E-state index >= 15 is 0 Å². The summed E-state index contributed by atoms with van der Waals surface area (Å²) in [5.41, 5.74) is 0.0383. The number of rotatable bonds is 4. The number of halogens is 3. The van der Waals surface area contributed by atoms with Gasteiger partial charge in [-0.15, -0.1) is 0 Å². The Bertz CT molecular complexity index is 841. The van der Waals surface area contributed by atoms with E-state index in [2.05, 4.69) is 5.32 Å². The summed E-state index contributed by atoms with van der Waals surface area (Å²) in [6.07, 6.45) is 0.348. The summed E-state index contributed by atoms with van der Waals surface area (Å²) in [6.45, 7) is 1.87. The van der Waals surface area contributed by atoms with Crippen LogP contribution < -0.4 is 5.32 Å². The largest absolute Gasteiger partial charge is 0.325 e. The van der Waals surface area contributed by atoms with Gasteiger partial charge in [0.2, 0.25) is 0 Å². The van der Waals surface area contributed by atoms with Crippen LogP contribution in [0.2, 0.25) is 10.0 Å². The molecular formula is C18H15Cl2FN2O2. The van der Waals surface area contributed by atoms with E-state index in [1.807, 2.05) is 0 Å². The third-order valence-electron chi connectivity index (χ3n) is 4.37. The second kappa shape index (κ2) is 6.65. The zero-order chi connectivity index (χ0) is 18.2. The van der Waals surface area contributed by atoms with Crippen molar-refractivity contribution < 1.29 is 14.0 Å². The molecule has 1 heterocycles. The van der Waals surface area contributed by atoms with Crippen LogP contribution in [0.15, 0.2) is 42.5 Å². The van der Waals surface area contributed by atoms with Gasteiger partial charge in [-0.2, -0.15) is 0 Å². The van der Waals surface area contributed by atoms with E-state index in [1.165, 1.54) is 24.3 Å². The minimum absolute atomic E-state index is 0.0739. The van der Waals surface area contributed by atoms with E-state index in [0.717, 1.165) is 4.90 Å². The van der Waals surface area contributed by atoms with Gasteiger partial charge in [-0.1, -0.05) is 48.3 Å². The van der Waals surface area contributed by atoms with Crippen LogP contribution in [0.4, 0.5) is 9.18 Å². The van der Waals surface area contributed by atoms with Crippen LogP contribution in [0, 0.1) is 5.82 Å². The average molecular weight is 381 g/mol. The number of benzene rings is 2. The molecule has 4 nitrogen and oxygen atoms in total. The Morgan fingerprint density at radius 1 is 1.08 bits per heavy atom. The van der Waals surface area contributed by atoms with Crippen LogP contribution in [0.3, 0.4) is 0 Å². The molecule has 25 heavy (non-hydrogen) atoms. The fraction of sp³-hybridized carbons (Fsp3) is 0.222. The fourth-order valence-electron chi connectivity index (χ4n) is 2.96. The Morgan fingerprint density at radius 3 is 2.36 bits per heavy atom. The third kappa shape index (κ3) is 3.10. The first-order valence-electron chi connectivity index (χ1n) is 7.71. The van der Waals surface area contributed by atoms with Gasteiger partial charge in [0, 0.05) is 0 Å². The summed E-state index contributed by atoms with van der Waals surface area (Å²) in [5, 5.41) is 3.51. The maximum atomic E-state index is 13.2. The van der Waals surface area contributed by atoms with Crippen LogP contribution in [0.25, 0.3) is 0 Å². The summed E-state index contributed by atoms with van der Waals surface area (Å²) in [6, 6.07) is 10.0. The number of imide groups is 1. The molecule has 0 aliphatic carbocycles. The number of carbonyl (C=O) groups is 2. The minimum Gasteiger partial charge on any atom is -0.319 e. The molecule has 2 aromatic rings. The Morgan fingerprint density at radius 2 is 1.76 bits per heavy atom. The van der Waals surface area contributed by atoms with E-state index in [4.69, 9.17) is 23.2 Å². The van der Waals surface area contributed by atoms with E-state index in [-0.39, 0.29) is 12.5 Å². The van der Waals surface area contributed by atoms with Gasteiger partial charge < -0.3 is 5.32 Å². The van der Waals surface area contributed by atoms with Gasteiger partial charge in [0.05, 0.1) is 16.6 Å². The molecule has 0 spiro atoms. The molecular weight excluding hydrogens is 366 g/mol. The van der Waals surface area contributed by atoms with Crippen molar-refractivity contribution in [2.75, 3.05) is 0 Å². The number of hydrogen-bond donors (Lipinski definition) is 1. The van der Waals surface area contributed by atoms with Gasteiger partial charge in [0.1, 0.15) is 11.4 Å². The topological polar surface area (TPSA) is 49.4 Å².